The average Bonchev–Trinajstić information content (AvgIpc) is 3.21. The smallest absolute Gasteiger partial charge is 0.0708 e. The van der Waals surface area contributed by atoms with Gasteiger partial charge in [-0.3, -0.25) is 4.98 Å². The molecule has 41 heavy (non-hydrogen) atoms. The minimum absolute atomic E-state index is 0.0428. The van der Waals surface area contributed by atoms with E-state index in [4.69, 9.17) is 4.98 Å². The number of nitrogens with zero attached hydrogens (tertiary/aromatic N) is 1. The van der Waals surface area contributed by atoms with Gasteiger partial charge in [0.05, 0.1) is 5.69 Å². The quantitative estimate of drug-likeness (QED) is 0.204. The van der Waals surface area contributed by atoms with Crippen LogP contribution in [-0.2, 0) is 10.8 Å². The summed E-state index contributed by atoms with van der Waals surface area (Å²) in [6.07, 6.45) is 1.90. The van der Waals surface area contributed by atoms with E-state index >= 15 is 0 Å². The Kier molecular flexibility index (Phi) is 4.91. The minimum atomic E-state index is -0.0428. The van der Waals surface area contributed by atoms with Crippen molar-refractivity contribution < 1.29 is 0 Å². The summed E-state index contributed by atoms with van der Waals surface area (Å²) in [6, 6.07) is 38.7. The van der Waals surface area contributed by atoms with Crippen molar-refractivity contribution in [2.45, 2.75) is 45.4 Å². The van der Waals surface area contributed by atoms with Crippen LogP contribution in [0.5, 0.6) is 0 Å². The summed E-state index contributed by atoms with van der Waals surface area (Å²) >= 11 is 0. The summed E-state index contributed by atoms with van der Waals surface area (Å²) in [5.41, 5.74) is 11.7. The van der Waals surface area contributed by atoms with Crippen LogP contribution in [0.25, 0.3) is 65.8 Å². The van der Waals surface area contributed by atoms with Crippen molar-refractivity contribution in [3.8, 4) is 33.5 Å². The SMILES string of the molecule is CC(C)(C)c1cc2ccc3c(-c4ccc5c(c4)C(C)(C)c4ccccc4-5)cc(-c4ccccn4)c4ccc(c1)c2c34. The number of aromatic nitrogens is 1. The highest BCUT2D eigenvalue weighted by Crippen LogP contribution is 2.51. The third-order valence-corrected chi connectivity index (χ3v) is 9.42. The molecule has 0 spiro atoms. The van der Waals surface area contributed by atoms with Crippen LogP contribution in [0.2, 0.25) is 0 Å². The topological polar surface area (TPSA) is 12.9 Å². The third-order valence-electron chi connectivity index (χ3n) is 9.42. The van der Waals surface area contributed by atoms with Gasteiger partial charge in [-0.05, 0) is 101 Å². The second-order valence-corrected chi connectivity index (χ2v) is 13.3. The van der Waals surface area contributed by atoms with E-state index in [2.05, 4.69) is 132 Å². The molecule has 0 atom stereocenters. The first kappa shape index (κ1) is 24.3. The molecular formula is C40H33N. The predicted molar refractivity (Wildman–Crippen MR) is 175 cm³/mol. The maximum atomic E-state index is 4.82. The van der Waals surface area contributed by atoms with Gasteiger partial charge in [-0.1, -0.05) is 113 Å². The van der Waals surface area contributed by atoms with Gasteiger partial charge in [0.25, 0.3) is 0 Å². The number of hydrogen-bond donors (Lipinski definition) is 0. The molecule has 0 fully saturated rings. The van der Waals surface area contributed by atoms with E-state index in [-0.39, 0.29) is 10.8 Å². The van der Waals surface area contributed by atoms with Gasteiger partial charge < -0.3 is 0 Å². The number of pyridine rings is 1. The second kappa shape index (κ2) is 8.27. The summed E-state index contributed by atoms with van der Waals surface area (Å²) in [5.74, 6) is 0. The van der Waals surface area contributed by atoms with Crippen LogP contribution >= 0.6 is 0 Å². The Balaban J connectivity index is 1.46. The lowest BCUT2D eigenvalue weighted by molar-refractivity contribution is 0.591. The molecule has 1 aromatic heterocycles. The molecule has 198 valence electrons. The Hall–Kier alpha value is -4.49. The van der Waals surface area contributed by atoms with E-state index in [0.717, 1.165) is 5.69 Å². The fraction of sp³-hybridized carbons (Fsp3) is 0.175. The first-order valence-electron chi connectivity index (χ1n) is 14.6. The maximum Gasteiger partial charge on any atom is 0.0708 e. The molecule has 0 saturated heterocycles. The number of benzene rings is 6. The number of fused-ring (bicyclic) bond motifs is 3. The summed E-state index contributed by atoms with van der Waals surface area (Å²) in [5, 5.41) is 7.86. The molecule has 0 unspecified atom stereocenters. The zero-order valence-electron chi connectivity index (χ0n) is 24.3. The molecule has 0 radical (unpaired) electrons. The third kappa shape index (κ3) is 3.45. The van der Waals surface area contributed by atoms with Gasteiger partial charge in [-0.25, -0.2) is 0 Å². The van der Waals surface area contributed by atoms with E-state index < -0.39 is 0 Å². The maximum absolute atomic E-state index is 4.82. The molecule has 0 saturated carbocycles. The van der Waals surface area contributed by atoms with Gasteiger partial charge in [-0.15, -0.1) is 0 Å². The van der Waals surface area contributed by atoms with Crippen molar-refractivity contribution in [2.75, 3.05) is 0 Å². The Morgan fingerprint density at radius 2 is 1.24 bits per heavy atom. The Morgan fingerprint density at radius 1 is 0.561 bits per heavy atom. The van der Waals surface area contributed by atoms with E-state index in [9.17, 15) is 0 Å². The fourth-order valence-electron chi connectivity index (χ4n) is 7.19. The van der Waals surface area contributed by atoms with Crippen molar-refractivity contribution in [3.63, 3.8) is 0 Å². The first-order chi connectivity index (χ1) is 19.7. The summed E-state index contributed by atoms with van der Waals surface area (Å²) in [7, 11) is 0. The molecule has 0 amide bonds. The van der Waals surface area contributed by atoms with E-state index in [1.807, 2.05) is 12.3 Å². The van der Waals surface area contributed by atoms with Crippen LogP contribution in [0.15, 0.2) is 109 Å². The normalized spacial score (nSPS) is 14.2. The van der Waals surface area contributed by atoms with Gasteiger partial charge >= 0.3 is 0 Å². The summed E-state index contributed by atoms with van der Waals surface area (Å²) < 4.78 is 0. The molecule has 0 N–H and O–H groups in total. The molecule has 0 aliphatic heterocycles. The molecule has 1 nitrogen and oxygen atoms in total. The van der Waals surface area contributed by atoms with E-state index in [1.54, 1.807) is 0 Å². The van der Waals surface area contributed by atoms with Crippen LogP contribution in [0.3, 0.4) is 0 Å². The Morgan fingerprint density at radius 3 is 1.95 bits per heavy atom. The van der Waals surface area contributed by atoms with Crippen molar-refractivity contribution in [3.05, 3.63) is 126 Å². The molecule has 0 bridgehead atoms. The van der Waals surface area contributed by atoms with Crippen molar-refractivity contribution in [2.24, 2.45) is 0 Å². The molecule has 1 heterocycles. The monoisotopic (exact) mass is 527 g/mol. The van der Waals surface area contributed by atoms with E-state index in [0.29, 0.717) is 0 Å². The van der Waals surface area contributed by atoms with Gasteiger partial charge in [-0.2, -0.15) is 0 Å². The van der Waals surface area contributed by atoms with E-state index in [1.165, 1.54) is 76.8 Å². The van der Waals surface area contributed by atoms with Crippen LogP contribution in [0.1, 0.15) is 51.3 Å². The zero-order chi connectivity index (χ0) is 28.1. The first-order valence-corrected chi connectivity index (χ1v) is 14.6. The van der Waals surface area contributed by atoms with Gasteiger partial charge in [0.15, 0.2) is 0 Å². The molecule has 1 aliphatic carbocycles. The average molecular weight is 528 g/mol. The van der Waals surface area contributed by atoms with Gasteiger partial charge in [0.1, 0.15) is 0 Å². The molecule has 6 aromatic carbocycles. The molecule has 1 heteroatoms. The molecule has 7 aromatic rings. The molecule has 8 rings (SSSR count). The largest absolute Gasteiger partial charge is 0.256 e. The fourth-order valence-corrected chi connectivity index (χ4v) is 7.19. The van der Waals surface area contributed by atoms with Gasteiger partial charge in [0.2, 0.25) is 0 Å². The minimum Gasteiger partial charge on any atom is -0.256 e. The van der Waals surface area contributed by atoms with Crippen molar-refractivity contribution >= 4 is 32.3 Å². The second-order valence-electron chi connectivity index (χ2n) is 13.3. The predicted octanol–water partition coefficient (Wildman–Crippen LogP) is 10.9. The summed E-state index contributed by atoms with van der Waals surface area (Å²) in [6.45, 7) is 11.6. The van der Waals surface area contributed by atoms with Crippen LogP contribution in [0, 0.1) is 0 Å². The van der Waals surface area contributed by atoms with Crippen molar-refractivity contribution in [1.29, 1.82) is 0 Å². The number of rotatable bonds is 2. The highest BCUT2D eigenvalue weighted by Gasteiger charge is 2.35. The Labute approximate surface area is 241 Å². The highest BCUT2D eigenvalue weighted by atomic mass is 14.7. The Bertz CT molecular complexity index is 2120. The zero-order valence-corrected chi connectivity index (χ0v) is 24.3. The van der Waals surface area contributed by atoms with Crippen LogP contribution in [-0.4, -0.2) is 4.98 Å². The van der Waals surface area contributed by atoms with Crippen LogP contribution in [0.4, 0.5) is 0 Å². The standard InChI is InChI=1S/C40H33N/c1-39(2,3)27-20-25-14-17-30-32(24-13-16-29-28-10-6-7-11-34(28)40(4,5)35(29)22-24)23-33(36-12-8-9-19-41-36)31-18-15-26(21-27)37(25)38(30)31/h6-23H,1-5H3. The molecular weight excluding hydrogens is 494 g/mol. The van der Waals surface area contributed by atoms with Crippen molar-refractivity contribution in [1.82, 2.24) is 4.98 Å². The number of hydrogen-bond acceptors (Lipinski definition) is 1. The lowest BCUT2D eigenvalue weighted by atomic mass is 9.80. The lowest BCUT2D eigenvalue weighted by Gasteiger charge is -2.24. The van der Waals surface area contributed by atoms with Crippen LogP contribution < -0.4 is 0 Å². The lowest BCUT2D eigenvalue weighted by Crippen LogP contribution is -2.14. The highest BCUT2D eigenvalue weighted by molar-refractivity contribution is 6.28. The summed E-state index contributed by atoms with van der Waals surface area (Å²) in [4.78, 5) is 4.82. The molecule has 1 aliphatic rings. The van der Waals surface area contributed by atoms with Gasteiger partial charge in [0, 0.05) is 17.2 Å².